The highest BCUT2D eigenvalue weighted by atomic mass is 32.2. The molecular weight excluding hydrogens is 260 g/mol. The van der Waals surface area contributed by atoms with Crippen LogP contribution in [0.1, 0.15) is 16.2 Å². The summed E-state index contributed by atoms with van der Waals surface area (Å²) >= 11 is 1.15. The van der Waals surface area contributed by atoms with Gasteiger partial charge in [0.1, 0.15) is 11.6 Å². The fourth-order valence-corrected chi connectivity index (χ4v) is 1.90. The summed E-state index contributed by atoms with van der Waals surface area (Å²) in [5, 5.41) is 12.3. The highest BCUT2D eigenvalue weighted by Gasteiger charge is 2.11. The van der Waals surface area contributed by atoms with Crippen LogP contribution in [0.15, 0.2) is 26.6 Å². The Morgan fingerprint density at radius 1 is 1.56 bits per heavy atom. The normalized spacial score (nSPS) is 10.4. The van der Waals surface area contributed by atoms with E-state index in [2.05, 4.69) is 15.1 Å². The maximum atomic E-state index is 11.1. The zero-order valence-electron chi connectivity index (χ0n) is 8.91. The summed E-state index contributed by atoms with van der Waals surface area (Å²) in [6.07, 6.45) is 0. The van der Waals surface area contributed by atoms with Crippen molar-refractivity contribution in [1.29, 1.82) is 0 Å². The van der Waals surface area contributed by atoms with Gasteiger partial charge >= 0.3 is 5.97 Å². The number of nitrogen functional groups attached to an aromatic ring is 1. The number of thioether (sulfide) groups is 1. The standard InChI is InChI=1S/C9H8N4O4S/c10-6-2-7(14)12-9(11-6)18-3-4-1-5(8(15)16)13-17-4/h1-2H,3H2,(H,15,16)(H3,10,11,12,14). The fraction of sp³-hybridized carbons (Fsp3) is 0.111. The lowest BCUT2D eigenvalue weighted by molar-refractivity contribution is 0.0685. The molecule has 0 unspecified atom stereocenters. The monoisotopic (exact) mass is 268 g/mol. The summed E-state index contributed by atoms with van der Waals surface area (Å²) in [7, 11) is 0. The summed E-state index contributed by atoms with van der Waals surface area (Å²) in [4.78, 5) is 28.1. The van der Waals surface area contributed by atoms with Crippen molar-refractivity contribution in [2.45, 2.75) is 10.9 Å². The fourth-order valence-electron chi connectivity index (χ4n) is 1.14. The third-order valence-electron chi connectivity index (χ3n) is 1.87. The van der Waals surface area contributed by atoms with Gasteiger partial charge < -0.3 is 20.3 Å². The predicted molar refractivity (Wildman–Crippen MR) is 62.3 cm³/mol. The first-order chi connectivity index (χ1) is 8.54. The molecule has 2 heterocycles. The van der Waals surface area contributed by atoms with E-state index in [9.17, 15) is 9.59 Å². The van der Waals surface area contributed by atoms with Crippen molar-refractivity contribution in [3.8, 4) is 0 Å². The molecule has 2 aromatic heterocycles. The minimum absolute atomic E-state index is 0.116. The summed E-state index contributed by atoms with van der Waals surface area (Å²) in [6, 6.07) is 2.47. The number of carbonyl (C=O) groups is 1. The van der Waals surface area contributed by atoms with Gasteiger partial charge in [-0.05, 0) is 0 Å². The Labute approximate surface area is 104 Å². The van der Waals surface area contributed by atoms with Crippen LogP contribution < -0.4 is 11.3 Å². The second-order valence-corrected chi connectivity index (χ2v) is 4.21. The van der Waals surface area contributed by atoms with Gasteiger partial charge in [-0.15, -0.1) is 0 Å². The number of hydrogen-bond acceptors (Lipinski definition) is 7. The van der Waals surface area contributed by atoms with Crippen LogP contribution >= 0.6 is 11.8 Å². The van der Waals surface area contributed by atoms with Crippen LogP contribution in [0.2, 0.25) is 0 Å². The number of aromatic carboxylic acids is 1. The van der Waals surface area contributed by atoms with E-state index in [1.165, 1.54) is 12.1 Å². The van der Waals surface area contributed by atoms with Crippen LogP contribution in [0.4, 0.5) is 5.82 Å². The second kappa shape index (κ2) is 4.92. The highest BCUT2D eigenvalue weighted by Crippen LogP contribution is 2.19. The van der Waals surface area contributed by atoms with E-state index in [4.69, 9.17) is 15.4 Å². The Kier molecular flexibility index (Phi) is 3.33. The van der Waals surface area contributed by atoms with E-state index >= 15 is 0 Å². The Balaban J connectivity index is 2.06. The maximum Gasteiger partial charge on any atom is 0.358 e. The van der Waals surface area contributed by atoms with Gasteiger partial charge in [0.25, 0.3) is 5.56 Å². The Hall–Kier alpha value is -2.29. The van der Waals surface area contributed by atoms with Crippen molar-refractivity contribution in [3.63, 3.8) is 0 Å². The zero-order valence-corrected chi connectivity index (χ0v) is 9.73. The molecule has 0 aliphatic heterocycles. The maximum absolute atomic E-state index is 11.1. The first-order valence-corrected chi connectivity index (χ1v) is 5.71. The van der Waals surface area contributed by atoms with Crippen LogP contribution in [-0.2, 0) is 5.75 Å². The lowest BCUT2D eigenvalue weighted by Crippen LogP contribution is -2.09. The van der Waals surface area contributed by atoms with E-state index in [-0.39, 0.29) is 22.8 Å². The number of aromatic amines is 1. The van der Waals surface area contributed by atoms with Gasteiger partial charge in [0.05, 0.1) is 5.75 Å². The molecule has 18 heavy (non-hydrogen) atoms. The molecule has 0 spiro atoms. The van der Waals surface area contributed by atoms with Crippen molar-refractivity contribution in [2.75, 3.05) is 5.73 Å². The van der Waals surface area contributed by atoms with Gasteiger partial charge in [-0.3, -0.25) is 4.79 Å². The zero-order chi connectivity index (χ0) is 13.1. The molecule has 94 valence electrons. The van der Waals surface area contributed by atoms with Crippen molar-refractivity contribution in [2.24, 2.45) is 0 Å². The van der Waals surface area contributed by atoms with Crippen molar-refractivity contribution >= 4 is 23.5 Å². The molecule has 4 N–H and O–H groups in total. The molecule has 2 aromatic rings. The van der Waals surface area contributed by atoms with Gasteiger partial charge in [0, 0.05) is 12.1 Å². The number of nitrogens with one attached hydrogen (secondary N) is 1. The Morgan fingerprint density at radius 2 is 2.33 bits per heavy atom. The van der Waals surface area contributed by atoms with Crippen LogP contribution in [0.5, 0.6) is 0 Å². The summed E-state index contributed by atoms with van der Waals surface area (Å²) in [6.45, 7) is 0. The molecule has 0 aliphatic carbocycles. The van der Waals surface area contributed by atoms with Crippen molar-refractivity contribution in [3.05, 3.63) is 33.9 Å². The number of nitrogens with two attached hydrogens (primary N) is 1. The average molecular weight is 268 g/mol. The summed E-state index contributed by atoms with van der Waals surface area (Å²) in [5.41, 5.74) is 4.89. The topological polar surface area (TPSA) is 135 Å². The van der Waals surface area contributed by atoms with Crippen molar-refractivity contribution < 1.29 is 14.4 Å². The molecule has 0 amide bonds. The average Bonchev–Trinajstić information content (AvgIpc) is 2.73. The molecule has 0 aromatic carbocycles. The molecule has 0 bridgehead atoms. The number of anilines is 1. The van der Waals surface area contributed by atoms with E-state index in [0.29, 0.717) is 10.9 Å². The Bertz CT molecular complexity index is 635. The first kappa shape index (κ1) is 12.2. The minimum Gasteiger partial charge on any atom is -0.476 e. The van der Waals surface area contributed by atoms with Gasteiger partial charge in [-0.2, -0.15) is 0 Å². The minimum atomic E-state index is -1.16. The lowest BCUT2D eigenvalue weighted by Gasteiger charge is -1.98. The van der Waals surface area contributed by atoms with Crippen molar-refractivity contribution in [1.82, 2.24) is 15.1 Å². The molecule has 0 atom stereocenters. The number of H-pyrrole nitrogens is 1. The lowest BCUT2D eigenvalue weighted by atomic mass is 10.4. The predicted octanol–water partition coefficient (Wildman–Crippen LogP) is 0.331. The van der Waals surface area contributed by atoms with Gasteiger partial charge in [0.15, 0.2) is 10.9 Å². The molecule has 0 radical (unpaired) electrons. The molecule has 2 rings (SSSR count). The molecular formula is C9H8N4O4S. The first-order valence-electron chi connectivity index (χ1n) is 4.73. The third kappa shape index (κ3) is 2.88. The summed E-state index contributed by atoms with van der Waals surface area (Å²) in [5.74, 6) is -0.398. The van der Waals surface area contributed by atoms with Crippen LogP contribution in [0, 0.1) is 0 Å². The number of carboxylic acid groups (broad SMARTS) is 1. The molecule has 0 fully saturated rings. The number of rotatable bonds is 4. The summed E-state index contributed by atoms with van der Waals surface area (Å²) < 4.78 is 4.81. The largest absolute Gasteiger partial charge is 0.476 e. The number of hydrogen-bond donors (Lipinski definition) is 3. The molecule has 0 saturated carbocycles. The van der Waals surface area contributed by atoms with Crippen LogP contribution in [-0.4, -0.2) is 26.2 Å². The highest BCUT2D eigenvalue weighted by molar-refractivity contribution is 7.98. The SMILES string of the molecule is Nc1cc(=O)[nH]c(SCc2cc(C(=O)O)no2)n1. The van der Waals surface area contributed by atoms with E-state index in [1.807, 2.05) is 0 Å². The molecule has 0 saturated heterocycles. The number of nitrogens with zero attached hydrogens (tertiary/aromatic N) is 2. The molecule has 9 heteroatoms. The van der Waals surface area contributed by atoms with Crippen LogP contribution in [0.25, 0.3) is 0 Å². The van der Waals surface area contributed by atoms with Gasteiger partial charge in [-0.1, -0.05) is 16.9 Å². The Morgan fingerprint density at radius 3 is 2.94 bits per heavy atom. The second-order valence-electron chi connectivity index (χ2n) is 3.25. The quantitative estimate of drug-likeness (QED) is 0.533. The number of aromatic nitrogens is 3. The van der Waals surface area contributed by atoms with Gasteiger partial charge in [-0.25, -0.2) is 9.78 Å². The van der Waals surface area contributed by atoms with E-state index in [0.717, 1.165) is 11.8 Å². The van der Waals surface area contributed by atoms with Gasteiger partial charge in [0.2, 0.25) is 0 Å². The third-order valence-corrected chi connectivity index (χ3v) is 2.76. The molecule has 8 nitrogen and oxygen atoms in total. The van der Waals surface area contributed by atoms with E-state index in [1.54, 1.807) is 0 Å². The van der Waals surface area contributed by atoms with E-state index < -0.39 is 5.97 Å². The smallest absolute Gasteiger partial charge is 0.358 e. The number of carboxylic acids is 1. The molecule has 0 aliphatic rings. The van der Waals surface area contributed by atoms with Crippen LogP contribution in [0.3, 0.4) is 0 Å².